The van der Waals surface area contributed by atoms with Gasteiger partial charge in [0.1, 0.15) is 12.2 Å². The predicted molar refractivity (Wildman–Crippen MR) is 90.6 cm³/mol. The van der Waals surface area contributed by atoms with Crippen LogP contribution in [0.4, 0.5) is 0 Å². The summed E-state index contributed by atoms with van der Waals surface area (Å²) in [6.07, 6.45) is -3.96. The van der Waals surface area contributed by atoms with Crippen LogP contribution in [-0.4, -0.2) is 63.9 Å². The van der Waals surface area contributed by atoms with Gasteiger partial charge < -0.3 is 29.2 Å². The number of fused-ring (bicyclic) bond motifs is 1. The molecule has 0 radical (unpaired) electrons. The van der Waals surface area contributed by atoms with Gasteiger partial charge >= 0.3 is 17.9 Å². The number of hydrogen-bond acceptors (Lipinski definition) is 9. The molecule has 6 rings (SSSR count). The maximum Gasteiger partial charge on any atom is 0.342 e. The normalized spacial score (nSPS) is 59.2. The van der Waals surface area contributed by atoms with Crippen molar-refractivity contribution in [1.82, 2.24) is 0 Å². The highest BCUT2D eigenvalue weighted by atomic mass is 16.8. The van der Waals surface area contributed by atoms with E-state index < -0.39 is 70.5 Å². The summed E-state index contributed by atoms with van der Waals surface area (Å²) in [5, 5.41) is 23.0. The summed E-state index contributed by atoms with van der Waals surface area (Å²) >= 11 is 0. The van der Waals surface area contributed by atoms with Crippen LogP contribution in [0.1, 0.15) is 40.5 Å². The molecule has 2 N–H and O–H groups in total. The molecule has 4 saturated heterocycles. The SMILES string of the molecule is CC1C(=O)O[C@H]2C[C@@]34C5CC(C(C)(C)C)[C@@]36C(O)C(=O)O[C@H]6O[C@@]4(C(=O)O5)[C@@]12O. The molecule has 9 heteroatoms. The minimum Gasteiger partial charge on any atom is -0.459 e. The van der Waals surface area contributed by atoms with Crippen molar-refractivity contribution >= 4 is 17.9 Å². The fourth-order valence-corrected chi connectivity index (χ4v) is 8.06. The van der Waals surface area contributed by atoms with Gasteiger partial charge in [-0.05, 0) is 24.7 Å². The van der Waals surface area contributed by atoms with Crippen molar-refractivity contribution in [3.05, 3.63) is 0 Å². The highest BCUT2D eigenvalue weighted by molar-refractivity contribution is 5.93. The van der Waals surface area contributed by atoms with Gasteiger partial charge in [-0.25, -0.2) is 9.59 Å². The van der Waals surface area contributed by atoms with Crippen molar-refractivity contribution in [1.29, 1.82) is 0 Å². The molecule has 0 amide bonds. The Morgan fingerprint density at radius 2 is 1.72 bits per heavy atom. The van der Waals surface area contributed by atoms with Gasteiger partial charge in [0.25, 0.3) is 0 Å². The number of aliphatic hydroxyl groups excluding tert-OH is 1. The zero-order valence-corrected chi connectivity index (χ0v) is 16.6. The van der Waals surface area contributed by atoms with Gasteiger partial charge in [-0.2, -0.15) is 0 Å². The van der Waals surface area contributed by atoms with Crippen LogP contribution in [0.15, 0.2) is 0 Å². The molecular weight excluding hydrogens is 384 g/mol. The number of esters is 3. The van der Waals surface area contributed by atoms with E-state index in [1.54, 1.807) is 0 Å². The summed E-state index contributed by atoms with van der Waals surface area (Å²) in [5.41, 5.74) is -6.81. The Kier molecular flexibility index (Phi) is 2.79. The van der Waals surface area contributed by atoms with Gasteiger partial charge in [-0.3, -0.25) is 4.79 Å². The molecule has 0 bridgehead atoms. The van der Waals surface area contributed by atoms with E-state index in [0.717, 1.165) is 0 Å². The maximum absolute atomic E-state index is 13.3. The van der Waals surface area contributed by atoms with E-state index >= 15 is 0 Å². The molecule has 4 unspecified atom stereocenters. The van der Waals surface area contributed by atoms with E-state index in [4.69, 9.17) is 18.9 Å². The summed E-state index contributed by atoms with van der Waals surface area (Å²) in [6.45, 7) is 7.47. The van der Waals surface area contributed by atoms with E-state index in [1.807, 2.05) is 20.8 Å². The number of ether oxygens (including phenoxy) is 4. The molecule has 2 aliphatic carbocycles. The van der Waals surface area contributed by atoms with Gasteiger partial charge in [0.2, 0.25) is 11.9 Å². The van der Waals surface area contributed by atoms with Crippen molar-refractivity contribution in [2.24, 2.45) is 28.1 Å². The third-order valence-electron chi connectivity index (χ3n) is 8.97. The van der Waals surface area contributed by atoms with Crippen LogP contribution in [0, 0.1) is 28.1 Å². The summed E-state index contributed by atoms with van der Waals surface area (Å²) < 4.78 is 22.9. The Bertz CT molecular complexity index is 893. The second-order valence-electron chi connectivity index (χ2n) is 10.6. The second-order valence-corrected chi connectivity index (χ2v) is 10.6. The second kappa shape index (κ2) is 4.48. The van der Waals surface area contributed by atoms with Crippen LogP contribution in [0.25, 0.3) is 0 Å². The molecule has 0 aromatic rings. The smallest absolute Gasteiger partial charge is 0.342 e. The molecule has 158 valence electrons. The topological polar surface area (TPSA) is 129 Å². The Morgan fingerprint density at radius 3 is 2.38 bits per heavy atom. The highest BCUT2D eigenvalue weighted by Gasteiger charge is 3.01. The van der Waals surface area contributed by atoms with Crippen LogP contribution >= 0.6 is 0 Å². The minimum atomic E-state index is -1.97. The molecule has 6 aliphatic rings. The zero-order chi connectivity index (χ0) is 20.9. The number of carbonyl (C=O) groups is 3. The lowest BCUT2D eigenvalue weighted by Gasteiger charge is -2.46. The summed E-state index contributed by atoms with van der Waals surface area (Å²) in [5.74, 6) is -3.52. The lowest BCUT2D eigenvalue weighted by Crippen LogP contribution is -2.66. The van der Waals surface area contributed by atoms with Gasteiger partial charge in [0.15, 0.2) is 11.7 Å². The summed E-state index contributed by atoms with van der Waals surface area (Å²) in [4.78, 5) is 38.1. The van der Waals surface area contributed by atoms with Gasteiger partial charge in [0.05, 0.1) is 16.7 Å². The first-order valence-electron chi connectivity index (χ1n) is 10.1. The minimum absolute atomic E-state index is 0.0623. The number of carbonyl (C=O) groups excluding carboxylic acids is 3. The van der Waals surface area contributed by atoms with Crippen LogP contribution in [0.2, 0.25) is 0 Å². The van der Waals surface area contributed by atoms with E-state index in [2.05, 4.69) is 0 Å². The fraction of sp³-hybridized carbons (Fsp3) is 0.850. The van der Waals surface area contributed by atoms with Crippen molar-refractivity contribution in [2.45, 2.75) is 76.3 Å². The first-order chi connectivity index (χ1) is 13.4. The summed E-state index contributed by atoms with van der Waals surface area (Å²) in [7, 11) is 0. The first kappa shape index (κ1) is 18.1. The average Bonchev–Trinajstić information content (AvgIpc) is 3.31. The quantitative estimate of drug-likeness (QED) is 0.408. The molecule has 10 atom stereocenters. The molecule has 9 nitrogen and oxygen atoms in total. The zero-order valence-electron chi connectivity index (χ0n) is 16.6. The molecule has 6 fully saturated rings. The van der Waals surface area contributed by atoms with Gasteiger partial charge in [-0.15, -0.1) is 0 Å². The maximum atomic E-state index is 13.3. The molecular formula is C20H24O9. The van der Waals surface area contributed by atoms with E-state index in [0.29, 0.717) is 6.42 Å². The first-order valence-corrected chi connectivity index (χ1v) is 10.1. The van der Waals surface area contributed by atoms with Crippen LogP contribution in [0.5, 0.6) is 0 Å². The molecule has 2 spiro atoms. The molecule has 2 saturated carbocycles. The van der Waals surface area contributed by atoms with Crippen LogP contribution < -0.4 is 0 Å². The lowest BCUT2D eigenvalue weighted by atomic mass is 9.51. The van der Waals surface area contributed by atoms with E-state index in [9.17, 15) is 24.6 Å². The van der Waals surface area contributed by atoms with Gasteiger partial charge in [-0.1, -0.05) is 20.8 Å². The van der Waals surface area contributed by atoms with Crippen molar-refractivity contribution in [2.75, 3.05) is 0 Å². The number of aliphatic hydroxyl groups is 2. The van der Waals surface area contributed by atoms with Crippen LogP contribution in [-0.2, 0) is 33.3 Å². The molecule has 4 heterocycles. The predicted octanol–water partition coefficient (Wildman–Crippen LogP) is -0.340. The van der Waals surface area contributed by atoms with Crippen molar-refractivity contribution in [3.8, 4) is 0 Å². The van der Waals surface area contributed by atoms with E-state index in [1.165, 1.54) is 6.92 Å². The van der Waals surface area contributed by atoms with Crippen LogP contribution in [0.3, 0.4) is 0 Å². The third-order valence-corrected chi connectivity index (χ3v) is 8.97. The molecule has 29 heavy (non-hydrogen) atoms. The fourth-order valence-electron chi connectivity index (χ4n) is 8.06. The Balaban J connectivity index is 1.68. The summed E-state index contributed by atoms with van der Waals surface area (Å²) in [6, 6.07) is 0. The number of rotatable bonds is 0. The van der Waals surface area contributed by atoms with Gasteiger partial charge in [0, 0.05) is 6.42 Å². The monoisotopic (exact) mass is 408 g/mol. The molecule has 4 aliphatic heterocycles. The molecule has 0 aromatic carbocycles. The lowest BCUT2D eigenvalue weighted by molar-refractivity contribution is -0.238. The standard InChI is InChI=1S/C20H24O9/c1-7-12(22)26-10-6-17-9-5-8(16(2,3)4)18(17)11(21)13(23)28-15(18)29-20(17,14(24)27-9)19(7,10)25/h7-11,15,21,25H,5-6H2,1-4H3/t7?,8?,9?,10-,11?,15-,17+,18-,19+,20+/m0/s1. The molecule has 0 aromatic heterocycles. The number of hydrogen-bond donors (Lipinski definition) is 2. The van der Waals surface area contributed by atoms with Crippen molar-refractivity contribution < 1.29 is 43.5 Å². The largest absolute Gasteiger partial charge is 0.459 e. The Labute approximate surface area is 166 Å². The Morgan fingerprint density at radius 1 is 1.03 bits per heavy atom. The highest BCUT2D eigenvalue weighted by Crippen LogP contribution is 2.84. The third kappa shape index (κ3) is 1.35. The average molecular weight is 408 g/mol. The Hall–Kier alpha value is -1.71. The van der Waals surface area contributed by atoms with E-state index in [-0.39, 0.29) is 17.8 Å². The van der Waals surface area contributed by atoms with Crippen molar-refractivity contribution in [3.63, 3.8) is 0 Å².